The van der Waals surface area contributed by atoms with E-state index in [-0.39, 0.29) is 31.9 Å². The van der Waals surface area contributed by atoms with Crippen molar-refractivity contribution in [2.75, 3.05) is 0 Å². The maximum Gasteiger partial charge on any atom is 0.0352 e. The van der Waals surface area contributed by atoms with Crippen molar-refractivity contribution < 1.29 is 27.0 Å². The summed E-state index contributed by atoms with van der Waals surface area (Å²) in [4.78, 5) is 9.27. The molecule has 0 N–H and O–H groups in total. The zero-order chi connectivity index (χ0) is 40.6. The Morgan fingerprint density at radius 2 is 1.60 bits per heavy atom. The van der Waals surface area contributed by atoms with Crippen molar-refractivity contribution in [2.45, 2.75) is 114 Å². The number of hydrogen-bond donors (Lipinski definition) is 0. The smallest absolute Gasteiger partial charge is 0.0352 e. The van der Waals surface area contributed by atoms with E-state index in [9.17, 15) is 0 Å². The third-order valence-corrected chi connectivity index (χ3v) is 15.8. The zero-order valence-electron chi connectivity index (χ0n) is 36.9. The first-order valence-corrected chi connectivity index (χ1v) is 27.6. The molecule has 2 aliphatic carbocycles. The number of hydrogen-bond acceptors (Lipinski definition) is 3. The van der Waals surface area contributed by atoms with Gasteiger partial charge in [0.2, 0.25) is 0 Å². The second-order valence-corrected chi connectivity index (χ2v) is 27.5. The van der Waals surface area contributed by atoms with Gasteiger partial charge in [-0.1, -0.05) is 80.5 Å². The van der Waals surface area contributed by atoms with Crippen LogP contribution >= 0.6 is 11.3 Å². The fourth-order valence-electron chi connectivity index (χ4n) is 7.74. The van der Waals surface area contributed by atoms with Gasteiger partial charge in [0.15, 0.2) is 0 Å². The molecule has 0 saturated heterocycles. The summed E-state index contributed by atoms with van der Waals surface area (Å²) in [6.45, 7) is 3.88. The first-order chi connectivity index (χ1) is 27.1. The van der Waals surface area contributed by atoms with Crippen LogP contribution in [0.25, 0.3) is 42.7 Å². The van der Waals surface area contributed by atoms with Crippen molar-refractivity contribution in [1.82, 2.24) is 9.97 Å². The first-order valence-electron chi connectivity index (χ1n) is 21.9. The summed E-state index contributed by atoms with van der Waals surface area (Å²) in [5, 5.41) is 2.41. The second kappa shape index (κ2) is 18.3. The number of thiophene rings is 1. The summed E-state index contributed by atoms with van der Waals surface area (Å²) < 4.78 is 47.5. The summed E-state index contributed by atoms with van der Waals surface area (Å²) in [5.41, 5.74) is 6.15. The van der Waals surface area contributed by atoms with Crippen molar-refractivity contribution >= 4 is 49.2 Å². The predicted molar refractivity (Wildman–Crippen MR) is 228 cm³/mol. The zero-order valence-corrected chi connectivity index (χ0v) is 37.3. The Morgan fingerprint density at radius 3 is 2.32 bits per heavy atom. The summed E-state index contributed by atoms with van der Waals surface area (Å²) in [5.74, 6) is 6.39. The molecule has 8 rings (SSSR count). The van der Waals surface area contributed by atoms with Crippen LogP contribution in [0.4, 0.5) is 0 Å². The quantitative estimate of drug-likeness (QED) is 0.112. The van der Waals surface area contributed by atoms with E-state index in [4.69, 9.17) is 6.85 Å². The summed E-state index contributed by atoms with van der Waals surface area (Å²) in [7, 11) is 0. The van der Waals surface area contributed by atoms with Crippen molar-refractivity contribution in [2.24, 2.45) is 11.8 Å². The van der Waals surface area contributed by atoms with Crippen LogP contribution in [0.15, 0.2) is 85.2 Å². The largest absolute Gasteiger partial charge is 0.305 e. The molecule has 2 nitrogen and oxygen atoms in total. The van der Waals surface area contributed by atoms with Crippen molar-refractivity contribution in [1.29, 1.82) is 0 Å². The third kappa shape index (κ3) is 9.98. The van der Waals surface area contributed by atoms with Gasteiger partial charge in [-0.2, -0.15) is 11.3 Å². The molecule has 2 aliphatic rings. The monoisotopic (exact) mass is 964 g/mol. The van der Waals surface area contributed by atoms with Crippen LogP contribution in [0, 0.1) is 24.0 Å². The minimum atomic E-state index is -2.20. The van der Waals surface area contributed by atoms with E-state index in [1.807, 2.05) is 68.6 Å². The predicted octanol–water partition coefficient (Wildman–Crippen LogP) is 13.4. The number of pyridine rings is 2. The maximum absolute atomic E-state index is 9.07. The summed E-state index contributed by atoms with van der Waals surface area (Å²) in [6.07, 6.45) is 11.8. The van der Waals surface area contributed by atoms with Crippen LogP contribution in [0.2, 0.25) is 17.3 Å². The molecule has 53 heavy (non-hydrogen) atoms. The fraction of sp³-hybridized carbons (Fsp3) is 0.417. The first kappa shape index (κ1) is 33.7. The molecule has 2 fully saturated rings. The fourth-order valence-corrected chi connectivity index (χ4v) is 11.9. The van der Waals surface area contributed by atoms with E-state index in [0.29, 0.717) is 0 Å². The minimum absolute atomic E-state index is 0. The van der Waals surface area contributed by atoms with E-state index in [2.05, 4.69) is 63.6 Å². The number of benzene rings is 3. The van der Waals surface area contributed by atoms with E-state index in [0.717, 1.165) is 99.7 Å². The van der Waals surface area contributed by atoms with Gasteiger partial charge < -0.3 is 4.98 Å². The van der Waals surface area contributed by atoms with Crippen molar-refractivity contribution in [3.63, 3.8) is 0 Å². The van der Waals surface area contributed by atoms with Gasteiger partial charge in [-0.05, 0) is 64.5 Å². The molecule has 0 aliphatic heterocycles. The summed E-state index contributed by atoms with van der Waals surface area (Å²) in [6, 6.07) is 30.8. The molecule has 0 bridgehead atoms. The third-order valence-electron chi connectivity index (χ3n) is 10.4. The van der Waals surface area contributed by atoms with Gasteiger partial charge in [-0.3, -0.25) is 0 Å². The Hall–Kier alpha value is -2.63. The van der Waals surface area contributed by atoms with Gasteiger partial charge in [-0.25, -0.2) is 0 Å². The van der Waals surface area contributed by atoms with Crippen LogP contribution in [0.1, 0.15) is 107 Å². The molecule has 3 heterocycles. The molecule has 0 atom stereocenters. The Balaban J connectivity index is 0.000000214. The molecule has 0 unspecified atom stereocenters. The van der Waals surface area contributed by atoms with E-state index in [1.54, 1.807) is 17.5 Å². The standard InChI is InChI=1S/C30H32NS.C18H24GeN.Ir/c1-3-8-21(9-4-1)18-22-16-17-31-28(19-22)27-13-7-12-26-25-15-14-24(20-29(25)32-30(26)27)23-10-5-2-6-11-23;1-14(2)11-16-12-18(15-9-7-6-8-10-15)20-13-17(16)19(3,4)5;/h7,12,14-17,19-21,23H,1-6,8-11,18H2;6-9,12-14H,11H2,1-5H3;/q2*-1;/i18D2,23D;11D2;. The Bertz CT molecular complexity index is 2330. The normalized spacial score (nSPS) is 18.2. The number of aromatic nitrogens is 2. The number of rotatable bonds is 8. The molecule has 5 heteroatoms. The Kier molecular flexibility index (Phi) is 11.7. The topological polar surface area (TPSA) is 25.8 Å². The second-order valence-electron chi connectivity index (χ2n) is 15.9. The van der Waals surface area contributed by atoms with Gasteiger partial charge in [0, 0.05) is 35.1 Å². The van der Waals surface area contributed by atoms with Crippen molar-refractivity contribution in [3.8, 4) is 22.5 Å². The van der Waals surface area contributed by atoms with Gasteiger partial charge >= 0.3 is 128 Å². The molecule has 6 aromatic rings. The van der Waals surface area contributed by atoms with E-state index in [1.165, 1.54) is 28.3 Å². The molecule has 3 aromatic carbocycles. The van der Waals surface area contributed by atoms with Gasteiger partial charge in [0.05, 0.1) is 0 Å². The van der Waals surface area contributed by atoms with Gasteiger partial charge in [0.1, 0.15) is 0 Å². The number of nitrogens with zero attached hydrogens (tertiary/aromatic N) is 2. The Morgan fingerprint density at radius 1 is 0.830 bits per heavy atom. The molecule has 2 saturated carbocycles. The Labute approximate surface area is 346 Å². The molecule has 3 aromatic heterocycles. The van der Waals surface area contributed by atoms with Crippen LogP contribution in [0.3, 0.4) is 0 Å². The molecule has 279 valence electrons. The van der Waals surface area contributed by atoms with Gasteiger partial charge in [-0.15, -0.1) is 23.8 Å². The average Bonchev–Trinajstić information content (AvgIpc) is 3.60. The minimum Gasteiger partial charge on any atom is -0.305 e. The molecular formula is C48H56GeIrN2S-2. The molecular weight excluding hydrogens is 901 g/mol. The average molecular weight is 963 g/mol. The van der Waals surface area contributed by atoms with Crippen LogP contribution in [0.5, 0.6) is 0 Å². The molecule has 1 radical (unpaired) electrons. The van der Waals surface area contributed by atoms with Crippen LogP contribution in [-0.2, 0) is 32.9 Å². The van der Waals surface area contributed by atoms with Crippen LogP contribution in [-0.4, -0.2) is 23.2 Å². The van der Waals surface area contributed by atoms with Gasteiger partial charge in [0.25, 0.3) is 0 Å². The van der Waals surface area contributed by atoms with E-state index < -0.39 is 31.9 Å². The molecule has 0 spiro atoms. The van der Waals surface area contributed by atoms with E-state index >= 15 is 0 Å². The summed E-state index contributed by atoms with van der Waals surface area (Å²) >= 11 is -0.449. The molecule has 0 amide bonds. The van der Waals surface area contributed by atoms with Crippen LogP contribution < -0.4 is 4.40 Å². The van der Waals surface area contributed by atoms with Crippen molar-refractivity contribution in [3.05, 3.63) is 114 Å². The maximum atomic E-state index is 9.07. The SMILES string of the molecule is [2H]C([2H])(c1cc(-c2[c-]cccc2)nc[c]1[Ge]([CH3])([CH3])[CH3])C(C)C.[2H]C1(c2ccc3c(c2)sc2c(-c4cc(C([2H])([2H])C5CCCCC5)ccn4)[c-]ccc23)CCCCC1.[Ir]. The number of fused-ring (bicyclic) bond motifs is 3.